The highest BCUT2D eigenvalue weighted by molar-refractivity contribution is 7.07. The van der Waals surface area contributed by atoms with Crippen molar-refractivity contribution in [2.45, 2.75) is 19.9 Å². The van der Waals surface area contributed by atoms with Crippen molar-refractivity contribution in [2.24, 2.45) is 0 Å². The molecule has 2 aromatic heterocycles. The lowest BCUT2D eigenvalue weighted by molar-refractivity contribution is 0.370. The number of nitrogens with one attached hydrogen (secondary N) is 1. The molecule has 0 fully saturated rings. The molecule has 4 heteroatoms. The summed E-state index contributed by atoms with van der Waals surface area (Å²) >= 11 is 1.74. The molecule has 0 saturated carbocycles. The summed E-state index contributed by atoms with van der Waals surface area (Å²) in [5, 5.41) is 11.4. The predicted molar refractivity (Wildman–Crippen MR) is 61.0 cm³/mol. The van der Waals surface area contributed by atoms with Gasteiger partial charge in [-0.05, 0) is 42.3 Å². The second-order valence-corrected chi connectivity index (χ2v) is 4.27. The van der Waals surface area contributed by atoms with Gasteiger partial charge in [-0.25, -0.2) is 0 Å². The lowest BCUT2D eigenvalue weighted by Crippen LogP contribution is -2.15. The summed E-state index contributed by atoms with van der Waals surface area (Å²) in [6, 6.07) is 4.11. The molecule has 0 amide bonds. The topological polar surface area (TPSA) is 38.1 Å². The molecule has 2 aromatic rings. The Morgan fingerprint density at radius 3 is 3.13 bits per heavy atom. The number of aryl methyl sites for hydroxylation is 1. The van der Waals surface area contributed by atoms with Crippen molar-refractivity contribution in [3.05, 3.63) is 39.9 Å². The lowest BCUT2D eigenvalue weighted by atomic mass is 10.2. The number of hydrogen-bond donors (Lipinski definition) is 1. The van der Waals surface area contributed by atoms with Crippen LogP contribution in [0.3, 0.4) is 0 Å². The van der Waals surface area contributed by atoms with E-state index in [2.05, 4.69) is 27.3 Å². The van der Waals surface area contributed by atoms with Crippen LogP contribution in [0.2, 0.25) is 0 Å². The molecule has 1 N–H and O–H groups in total. The Morgan fingerprint density at radius 1 is 1.53 bits per heavy atom. The molecule has 0 aromatic carbocycles. The third kappa shape index (κ3) is 3.18. The number of nitrogens with zero attached hydrogens (tertiary/aromatic N) is 1. The summed E-state index contributed by atoms with van der Waals surface area (Å²) in [5.74, 6) is 0.901. The molecular formula is C11H14N2OS. The molecule has 80 valence electrons. The maximum absolute atomic E-state index is 5.09. The molecule has 2 rings (SSSR count). The van der Waals surface area contributed by atoms with E-state index in [4.69, 9.17) is 4.52 Å². The first-order valence-corrected chi connectivity index (χ1v) is 5.93. The highest BCUT2D eigenvalue weighted by Gasteiger charge is 1.99. The molecule has 0 aliphatic rings. The van der Waals surface area contributed by atoms with E-state index < -0.39 is 0 Å². The van der Waals surface area contributed by atoms with Crippen molar-refractivity contribution >= 4 is 11.3 Å². The van der Waals surface area contributed by atoms with E-state index in [1.807, 2.05) is 13.0 Å². The standard InChI is InChI=1S/C11H14N2OS/c1-9-6-11(14-13-9)7-12-4-2-10-3-5-15-8-10/h3,5-6,8,12H,2,4,7H2,1H3. The Labute approximate surface area is 93.1 Å². The first-order chi connectivity index (χ1) is 7.34. The van der Waals surface area contributed by atoms with Crippen molar-refractivity contribution in [3.63, 3.8) is 0 Å². The van der Waals surface area contributed by atoms with Gasteiger partial charge in [-0.1, -0.05) is 5.16 Å². The van der Waals surface area contributed by atoms with Crippen molar-refractivity contribution < 1.29 is 4.52 Å². The van der Waals surface area contributed by atoms with Crippen molar-refractivity contribution in [2.75, 3.05) is 6.54 Å². The van der Waals surface area contributed by atoms with Crippen molar-refractivity contribution in [1.29, 1.82) is 0 Å². The van der Waals surface area contributed by atoms with Crippen LogP contribution in [0.1, 0.15) is 17.0 Å². The molecule has 3 nitrogen and oxygen atoms in total. The van der Waals surface area contributed by atoms with E-state index in [9.17, 15) is 0 Å². The van der Waals surface area contributed by atoms with E-state index in [0.29, 0.717) is 0 Å². The minimum Gasteiger partial charge on any atom is -0.360 e. The van der Waals surface area contributed by atoms with Crippen LogP contribution in [0.25, 0.3) is 0 Å². The number of hydrogen-bond acceptors (Lipinski definition) is 4. The normalized spacial score (nSPS) is 10.7. The minimum absolute atomic E-state index is 0.755. The molecule has 2 heterocycles. The zero-order chi connectivity index (χ0) is 10.5. The van der Waals surface area contributed by atoms with Gasteiger partial charge in [0.1, 0.15) is 0 Å². The SMILES string of the molecule is Cc1cc(CNCCc2ccsc2)on1. The van der Waals surface area contributed by atoms with Gasteiger partial charge in [-0.3, -0.25) is 0 Å². The molecule has 0 saturated heterocycles. The van der Waals surface area contributed by atoms with Crippen LogP contribution in [0.4, 0.5) is 0 Å². The molecule has 0 radical (unpaired) electrons. The first kappa shape index (κ1) is 10.4. The Kier molecular flexibility index (Phi) is 3.53. The van der Waals surface area contributed by atoms with E-state index in [1.54, 1.807) is 11.3 Å². The molecule has 0 aliphatic heterocycles. The Balaban J connectivity index is 1.67. The van der Waals surface area contributed by atoms with E-state index in [1.165, 1.54) is 5.56 Å². The zero-order valence-corrected chi connectivity index (χ0v) is 9.51. The molecule has 15 heavy (non-hydrogen) atoms. The smallest absolute Gasteiger partial charge is 0.150 e. The van der Waals surface area contributed by atoms with Crippen LogP contribution >= 0.6 is 11.3 Å². The third-order valence-corrected chi connectivity index (χ3v) is 2.88. The quantitative estimate of drug-likeness (QED) is 0.789. The molecule has 0 bridgehead atoms. The number of thiophene rings is 1. The van der Waals surface area contributed by atoms with Gasteiger partial charge in [-0.2, -0.15) is 11.3 Å². The van der Waals surface area contributed by atoms with Crippen LogP contribution in [-0.4, -0.2) is 11.7 Å². The fourth-order valence-electron chi connectivity index (χ4n) is 1.38. The van der Waals surface area contributed by atoms with Crippen LogP contribution in [0.5, 0.6) is 0 Å². The van der Waals surface area contributed by atoms with Crippen LogP contribution in [-0.2, 0) is 13.0 Å². The summed E-state index contributed by atoms with van der Waals surface area (Å²) < 4.78 is 5.09. The van der Waals surface area contributed by atoms with Crippen LogP contribution in [0.15, 0.2) is 27.4 Å². The average molecular weight is 222 g/mol. The summed E-state index contributed by atoms with van der Waals surface area (Å²) in [6.45, 7) is 3.65. The molecule has 0 aliphatic carbocycles. The van der Waals surface area contributed by atoms with E-state index in [0.717, 1.165) is 31.0 Å². The molecule has 0 spiro atoms. The van der Waals surface area contributed by atoms with Gasteiger partial charge >= 0.3 is 0 Å². The summed E-state index contributed by atoms with van der Waals surface area (Å²) in [7, 11) is 0. The Hall–Kier alpha value is -1.13. The predicted octanol–water partition coefficient (Wildman–Crippen LogP) is 2.38. The summed E-state index contributed by atoms with van der Waals surface area (Å²) in [6.07, 6.45) is 1.07. The minimum atomic E-state index is 0.755. The maximum atomic E-state index is 5.09. The highest BCUT2D eigenvalue weighted by atomic mass is 32.1. The van der Waals surface area contributed by atoms with Crippen molar-refractivity contribution in [3.8, 4) is 0 Å². The van der Waals surface area contributed by atoms with Gasteiger partial charge in [0.15, 0.2) is 5.76 Å². The van der Waals surface area contributed by atoms with Gasteiger partial charge in [0.05, 0.1) is 12.2 Å². The average Bonchev–Trinajstić information content (AvgIpc) is 2.84. The van der Waals surface area contributed by atoms with Crippen LogP contribution < -0.4 is 5.32 Å². The fourth-order valence-corrected chi connectivity index (χ4v) is 2.08. The van der Waals surface area contributed by atoms with Gasteiger partial charge in [0, 0.05) is 6.07 Å². The zero-order valence-electron chi connectivity index (χ0n) is 8.69. The Bertz CT molecular complexity index is 394. The lowest BCUT2D eigenvalue weighted by Gasteiger charge is -1.99. The number of rotatable bonds is 5. The number of aromatic nitrogens is 1. The Morgan fingerprint density at radius 2 is 2.47 bits per heavy atom. The van der Waals surface area contributed by atoms with Crippen LogP contribution in [0, 0.1) is 6.92 Å². The maximum Gasteiger partial charge on any atom is 0.150 e. The summed E-state index contributed by atoms with van der Waals surface area (Å²) in [4.78, 5) is 0. The van der Waals surface area contributed by atoms with Gasteiger partial charge < -0.3 is 9.84 Å². The van der Waals surface area contributed by atoms with Gasteiger partial charge in [0.2, 0.25) is 0 Å². The monoisotopic (exact) mass is 222 g/mol. The van der Waals surface area contributed by atoms with Gasteiger partial charge in [0.25, 0.3) is 0 Å². The molecule has 0 atom stereocenters. The highest BCUT2D eigenvalue weighted by Crippen LogP contribution is 2.06. The van der Waals surface area contributed by atoms with Crippen molar-refractivity contribution in [1.82, 2.24) is 10.5 Å². The van der Waals surface area contributed by atoms with Gasteiger partial charge in [-0.15, -0.1) is 0 Å². The van der Waals surface area contributed by atoms with E-state index >= 15 is 0 Å². The first-order valence-electron chi connectivity index (χ1n) is 4.98. The second kappa shape index (κ2) is 5.09. The van der Waals surface area contributed by atoms with E-state index in [-0.39, 0.29) is 0 Å². The summed E-state index contributed by atoms with van der Waals surface area (Å²) in [5.41, 5.74) is 2.32. The second-order valence-electron chi connectivity index (χ2n) is 3.49. The fraction of sp³-hybridized carbons (Fsp3) is 0.364. The largest absolute Gasteiger partial charge is 0.360 e. The third-order valence-electron chi connectivity index (χ3n) is 2.15. The molecular weight excluding hydrogens is 208 g/mol. The molecule has 0 unspecified atom stereocenters.